The van der Waals surface area contributed by atoms with Gasteiger partial charge in [0.05, 0.1) is 4.90 Å². The molecule has 3 rings (SSSR count). The normalized spacial score (nSPS) is 11.5. The zero-order valence-corrected chi connectivity index (χ0v) is 19.2. The Balaban J connectivity index is 2.16. The number of sulfone groups is 1. The molecule has 0 aliphatic carbocycles. The molecule has 0 bridgehead atoms. The summed E-state index contributed by atoms with van der Waals surface area (Å²) >= 11 is 3.33. The number of anilines is 1. The van der Waals surface area contributed by atoms with E-state index in [0.717, 1.165) is 4.47 Å². The number of amides is 1. The summed E-state index contributed by atoms with van der Waals surface area (Å²) in [6, 6.07) is 16.4. The molecule has 0 radical (unpaired) electrons. The summed E-state index contributed by atoms with van der Waals surface area (Å²) in [4.78, 5) is 12.6. The highest BCUT2D eigenvalue weighted by atomic mass is 79.9. The van der Waals surface area contributed by atoms with Crippen LogP contribution < -0.4 is 5.32 Å². The summed E-state index contributed by atoms with van der Waals surface area (Å²) in [6.45, 7) is 5.28. The van der Waals surface area contributed by atoms with Gasteiger partial charge in [-0.1, -0.05) is 48.0 Å². The van der Waals surface area contributed by atoms with Crippen molar-refractivity contribution < 1.29 is 18.3 Å². The number of hydrogen-bond acceptors (Lipinski definition) is 4. The second-order valence-electron chi connectivity index (χ2n) is 7.25. The van der Waals surface area contributed by atoms with Crippen molar-refractivity contribution in [2.24, 2.45) is 0 Å². The van der Waals surface area contributed by atoms with Gasteiger partial charge in [0, 0.05) is 15.7 Å². The topological polar surface area (TPSA) is 83.5 Å². The minimum Gasteiger partial charge on any atom is -0.506 e. The van der Waals surface area contributed by atoms with Crippen molar-refractivity contribution in [3.8, 4) is 5.75 Å². The molecule has 30 heavy (non-hydrogen) atoms. The van der Waals surface area contributed by atoms with Gasteiger partial charge in [0.1, 0.15) is 10.6 Å². The second kappa shape index (κ2) is 8.62. The van der Waals surface area contributed by atoms with Crippen molar-refractivity contribution >= 4 is 37.4 Å². The molecule has 0 atom stereocenters. The van der Waals surface area contributed by atoms with Gasteiger partial charge in [-0.3, -0.25) is 4.79 Å². The van der Waals surface area contributed by atoms with Gasteiger partial charge < -0.3 is 10.4 Å². The summed E-state index contributed by atoms with van der Waals surface area (Å²) in [5.41, 5.74) is 1.51. The van der Waals surface area contributed by atoms with Crippen molar-refractivity contribution in [2.45, 2.75) is 36.5 Å². The predicted molar refractivity (Wildman–Crippen MR) is 121 cm³/mol. The van der Waals surface area contributed by atoms with Crippen LogP contribution in [0.1, 0.15) is 41.3 Å². The van der Waals surface area contributed by atoms with Gasteiger partial charge in [-0.2, -0.15) is 0 Å². The first-order valence-electron chi connectivity index (χ1n) is 9.36. The fourth-order valence-corrected chi connectivity index (χ4v) is 5.08. The Morgan fingerprint density at radius 2 is 1.63 bits per heavy atom. The molecular weight excluding hydrogens is 466 g/mol. The fourth-order valence-electron chi connectivity index (χ4n) is 3.18. The quantitative estimate of drug-likeness (QED) is 0.454. The van der Waals surface area contributed by atoms with Gasteiger partial charge in [-0.25, -0.2) is 8.42 Å². The standard InChI is InChI=1S/C23H22BrNO4S/c1-14(2)19-13-20(25-23(27)16-9-11-17(24)12-10-16)15(3)22(21(19)26)30(28,29)18-7-5-4-6-8-18/h4-14,26H,1-3H3,(H,25,27). The smallest absolute Gasteiger partial charge is 0.255 e. The van der Waals surface area contributed by atoms with E-state index in [2.05, 4.69) is 21.2 Å². The molecule has 0 unspecified atom stereocenters. The molecular formula is C23H22BrNO4S. The van der Waals surface area contributed by atoms with Crippen molar-refractivity contribution in [3.05, 3.63) is 81.8 Å². The molecule has 0 fully saturated rings. The third-order valence-electron chi connectivity index (χ3n) is 4.83. The third-order valence-corrected chi connectivity index (χ3v) is 7.29. The number of benzene rings is 3. The lowest BCUT2D eigenvalue weighted by atomic mass is 9.99. The average molecular weight is 488 g/mol. The monoisotopic (exact) mass is 487 g/mol. The highest BCUT2D eigenvalue weighted by Gasteiger charge is 2.29. The van der Waals surface area contributed by atoms with Crippen LogP contribution in [-0.4, -0.2) is 19.4 Å². The lowest BCUT2D eigenvalue weighted by Crippen LogP contribution is -2.15. The molecule has 3 aromatic carbocycles. The van der Waals surface area contributed by atoms with E-state index in [0.29, 0.717) is 16.8 Å². The van der Waals surface area contributed by atoms with Crippen LogP contribution in [0.15, 0.2) is 74.9 Å². The maximum Gasteiger partial charge on any atom is 0.255 e. The fraction of sp³-hybridized carbons (Fsp3) is 0.174. The molecule has 156 valence electrons. The van der Waals surface area contributed by atoms with Gasteiger partial charge in [-0.05, 0) is 66.4 Å². The molecule has 0 aromatic heterocycles. The van der Waals surface area contributed by atoms with Crippen LogP contribution in [-0.2, 0) is 9.84 Å². The summed E-state index contributed by atoms with van der Waals surface area (Å²) < 4.78 is 27.5. The Kier molecular flexibility index (Phi) is 6.33. The number of halogens is 1. The molecule has 0 aliphatic heterocycles. The number of phenols is 1. The average Bonchev–Trinajstić information content (AvgIpc) is 2.70. The lowest BCUT2D eigenvalue weighted by molar-refractivity contribution is 0.102. The Hall–Kier alpha value is -2.64. The molecule has 0 heterocycles. The van der Waals surface area contributed by atoms with E-state index >= 15 is 0 Å². The molecule has 0 aliphatic rings. The first-order valence-corrected chi connectivity index (χ1v) is 11.6. The molecule has 2 N–H and O–H groups in total. The molecule has 0 saturated heterocycles. The summed E-state index contributed by atoms with van der Waals surface area (Å²) in [5.74, 6) is -0.805. The van der Waals surface area contributed by atoms with Gasteiger partial charge in [-0.15, -0.1) is 0 Å². The summed E-state index contributed by atoms with van der Waals surface area (Å²) in [5, 5.41) is 13.6. The summed E-state index contributed by atoms with van der Waals surface area (Å²) in [6.07, 6.45) is 0. The maximum atomic E-state index is 13.3. The minimum atomic E-state index is -3.99. The zero-order valence-electron chi connectivity index (χ0n) is 16.8. The van der Waals surface area contributed by atoms with Crippen LogP contribution in [0.4, 0.5) is 5.69 Å². The largest absolute Gasteiger partial charge is 0.506 e. The first-order chi connectivity index (χ1) is 14.1. The number of nitrogens with one attached hydrogen (secondary N) is 1. The van der Waals surface area contributed by atoms with E-state index in [1.54, 1.807) is 55.5 Å². The third kappa shape index (κ3) is 4.27. The van der Waals surface area contributed by atoms with E-state index in [9.17, 15) is 18.3 Å². The van der Waals surface area contributed by atoms with Gasteiger partial charge in [0.25, 0.3) is 5.91 Å². The Labute approximate surface area is 184 Å². The van der Waals surface area contributed by atoms with Crippen LogP contribution in [0.2, 0.25) is 0 Å². The van der Waals surface area contributed by atoms with Crippen molar-refractivity contribution in [1.29, 1.82) is 0 Å². The SMILES string of the molecule is Cc1c(NC(=O)c2ccc(Br)cc2)cc(C(C)C)c(O)c1S(=O)(=O)c1ccccc1. The van der Waals surface area contributed by atoms with Crippen molar-refractivity contribution in [1.82, 2.24) is 0 Å². The predicted octanol–water partition coefficient (Wildman–Crippen LogP) is 5.67. The number of carbonyl (C=O) groups excluding carboxylic acids is 1. The van der Waals surface area contributed by atoms with Gasteiger partial charge >= 0.3 is 0 Å². The zero-order chi connectivity index (χ0) is 22.1. The number of rotatable bonds is 5. The maximum absolute atomic E-state index is 13.3. The van der Waals surface area contributed by atoms with Crippen LogP contribution in [0.5, 0.6) is 5.75 Å². The lowest BCUT2D eigenvalue weighted by Gasteiger charge is -2.19. The minimum absolute atomic E-state index is 0.0782. The highest BCUT2D eigenvalue weighted by Crippen LogP contribution is 2.41. The Morgan fingerprint density at radius 3 is 2.20 bits per heavy atom. The highest BCUT2D eigenvalue weighted by molar-refractivity contribution is 9.10. The Bertz CT molecular complexity index is 1190. The van der Waals surface area contributed by atoms with Gasteiger partial charge in [0.2, 0.25) is 9.84 Å². The van der Waals surface area contributed by atoms with E-state index in [1.165, 1.54) is 12.1 Å². The molecule has 5 nitrogen and oxygen atoms in total. The van der Waals surface area contributed by atoms with E-state index < -0.39 is 9.84 Å². The van der Waals surface area contributed by atoms with Crippen molar-refractivity contribution in [3.63, 3.8) is 0 Å². The molecule has 0 saturated carbocycles. The van der Waals surface area contributed by atoms with Crippen LogP contribution >= 0.6 is 15.9 Å². The van der Waals surface area contributed by atoms with Gasteiger partial charge in [0.15, 0.2) is 0 Å². The van der Waals surface area contributed by atoms with E-state index in [-0.39, 0.29) is 32.9 Å². The van der Waals surface area contributed by atoms with Crippen LogP contribution in [0.25, 0.3) is 0 Å². The second-order valence-corrected chi connectivity index (χ2v) is 10.1. The number of phenolic OH excluding ortho intramolecular Hbond substituents is 1. The van der Waals surface area contributed by atoms with Crippen LogP contribution in [0, 0.1) is 6.92 Å². The molecule has 7 heteroatoms. The number of aromatic hydroxyl groups is 1. The summed E-state index contributed by atoms with van der Waals surface area (Å²) in [7, 11) is -3.99. The molecule has 1 amide bonds. The number of carbonyl (C=O) groups is 1. The van der Waals surface area contributed by atoms with E-state index in [4.69, 9.17) is 0 Å². The number of hydrogen-bond donors (Lipinski definition) is 2. The van der Waals surface area contributed by atoms with Crippen LogP contribution in [0.3, 0.4) is 0 Å². The Morgan fingerprint density at radius 1 is 1.03 bits per heavy atom. The van der Waals surface area contributed by atoms with Crippen molar-refractivity contribution in [2.75, 3.05) is 5.32 Å². The first kappa shape index (κ1) is 22.1. The van der Waals surface area contributed by atoms with E-state index in [1.807, 2.05) is 13.8 Å². The molecule has 0 spiro atoms. The molecule has 3 aromatic rings.